The number of pyridine rings is 1. The summed E-state index contributed by atoms with van der Waals surface area (Å²) in [7, 11) is 0. The Bertz CT molecular complexity index is 654. The first kappa shape index (κ1) is 17.1. The molecule has 0 fully saturated rings. The van der Waals surface area contributed by atoms with E-state index in [9.17, 15) is 4.79 Å². The topological polar surface area (TPSA) is 54.4 Å². The quantitative estimate of drug-likeness (QED) is 0.667. The maximum atomic E-state index is 11.9. The van der Waals surface area contributed by atoms with Crippen LogP contribution in [-0.4, -0.2) is 16.6 Å². The SMILES string of the molecule is CC1=C(/C=C/C(C)=N/NC(=O)c2ccncc2)C(C)(C)CCC1. The van der Waals surface area contributed by atoms with Crippen molar-refractivity contribution in [3.05, 3.63) is 53.4 Å². The van der Waals surface area contributed by atoms with Crippen LogP contribution in [0, 0.1) is 5.41 Å². The molecule has 1 aromatic rings. The maximum Gasteiger partial charge on any atom is 0.271 e. The Kier molecular flexibility index (Phi) is 5.48. The fourth-order valence-corrected chi connectivity index (χ4v) is 2.96. The standard InChI is InChI=1S/C19H25N3O/c1-14-6-5-11-19(3,4)17(14)8-7-15(2)21-22-18(23)16-9-12-20-13-10-16/h7-10,12-13H,5-6,11H2,1-4H3,(H,22,23)/b8-7+,21-15+. The molecule has 1 N–H and O–H groups in total. The zero-order chi connectivity index (χ0) is 16.9. The van der Waals surface area contributed by atoms with Crippen LogP contribution in [0.1, 0.15) is 57.3 Å². The minimum atomic E-state index is -0.228. The van der Waals surface area contributed by atoms with Crippen LogP contribution in [0.5, 0.6) is 0 Å². The van der Waals surface area contributed by atoms with Crippen LogP contribution in [-0.2, 0) is 0 Å². The summed E-state index contributed by atoms with van der Waals surface area (Å²) in [6.45, 7) is 8.66. The summed E-state index contributed by atoms with van der Waals surface area (Å²) in [4.78, 5) is 15.8. The molecule has 0 bridgehead atoms. The molecule has 23 heavy (non-hydrogen) atoms. The highest BCUT2D eigenvalue weighted by Gasteiger charge is 2.26. The number of nitrogens with one attached hydrogen (secondary N) is 1. The van der Waals surface area contributed by atoms with E-state index in [1.165, 1.54) is 24.0 Å². The van der Waals surface area contributed by atoms with Crippen molar-refractivity contribution in [2.45, 2.75) is 47.0 Å². The van der Waals surface area contributed by atoms with Crippen molar-refractivity contribution in [1.82, 2.24) is 10.4 Å². The Morgan fingerprint density at radius 3 is 2.70 bits per heavy atom. The summed E-state index contributed by atoms with van der Waals surface area (Å²) in [5.41, 5.74) is 6.94. The molecule has 0 atom stereocenters. The van der Waals surface area contributed by atoms with Crippen molar-refractivity contribution in [1.29, 1.82) is 0 Å². The molecule has 0 aliphatic heterocycles. The first-order valence-electron chi connectivity index (χ1n) is 8.03. The predicted molar refractivity (Wildman–Crippen MR) is 94.3 cm³/mol. The molecule has 1 heterocycles. The van der Waals surface area contributed by atoms with Crippen LogP contribution in [0.25, 0.3) is 0 Å². The molecule has 4 nitrogen and oxygen atoms in total. The lowest BCUT2D eigenvalue weighted by Crippen LogP contribution is -2.20. The zero-order valence-corrected chi connectivity index (χ0v) is 14.4. The molecule has 0 aromatic carbocycles. The first-order valence-corrected chi connectivity index (χ1v) is 8.03. The van der Waals surface area contributed by atoms with Gasteiger partial charge in [0.15, 0.2) is 0 Å². The lowest BCUT2D eigenvalue weighted by atomic mass is 9.72. The van der Waals surface area contributed by atoms with Gasteiger partial charge in [-0.15, -0.1) is 0 Å². The van der Waals surface area contributed by atoms with Crippen LogP contribution in [0.15, 0.2) is 52.9 Å². The Labute approximate surface area is 138 Å². The number of hydrogen-bond donors (Lipinski definition) is 1. The van der Waals surface area contributed by atoms with Gasteiger partial charge >= 0.3 is 0 Å². The van der Waals surface area contributed by atoms with E-state index in [4.69, 9.17) is 0 Å². The Balaban J connectivity index is 2.03. The molecule has 1 aliphatic rings. The van der Waals surface area contributed by atoms with Crippen molar-refractivity contribution < 1.29 is 4.79 Å². The summed E-state index contributed by atoms with van der Waals surface area (Å²) in [5.74, 6) is -0.228. The molecule has 122 valence electrons. The number of aromatic nitrogens is 1. The van der Waals surface area contributed by atoms with E-state index < -0.39 is 0 Å². The summed E-state index contributed by atoms with van der Waals surface area (Å²) in [6, 6.07) is 3.32. The third-order valence-electron chi connectivity index (χ3n) is 4.31. The maximum absolute atomic E-state index is 11.9. The average Bonchev–Trinajstić information content (AvgIpc) is 2.52. The monoisotopic (exact) mass is 311 g/mol. The molecule has 0 radical (unpaired) electrons. The van der Waals surface area contributed by atoms with Crippen molar-refractivity contribution in [2.24, 2.45) is 10.5 Å². The second-order valence-corrected chi connectivity index (χ2v) is 6.69. The third kappa shape index (κ3) is 4.62. The lowest BCUT2D eigenvalue weighted by Gasteiger charge is -2.32. The van der Waals surface area contributed by atoms with E-state index in [0.717, 1.165) is 12.1 Å². The highest BCUT2D eigenvalue weighted by atomic mass is 16.2. The normalized spacial score (nSPS) is 18.3. The second-order valence-electron chi connectivity index (χ2n) is 6.69. The number of amides is 1. The Morgan fingerprint density at radius 2 is 2.04 bits per heavy atom. The molecule has 0 saturated carbocycles. The fraction of sp³-hybridized carbons (Fsp3) is 0.421. The first-order chi connectivity index (χ1) is 10.9. The van der Waals surface area contributed by atoms with Gasteiger partial charge in [-0.3, -0.25) is 9.78 Å². The molecular weight excluding hydrogens is 286 g/mol. The summed E-state index contributed by atoms with van der Waals surface area (Å²) < 4.78 is 0. The van der Waals surface area contributed by atoms with E-state index >= 15 is 0 Å². The summed E-state index contributed by atoms with van der Waals surface area (Å²) in [5, 5.41) is 4.14. The number of rotatable bonds is 4. The number of nitrogens with zero attached hydrogens (tertiary/aromatic N) is 2. The number of hydrazone groups is 1. The van der Waals surface area contributed by atoms with Crippen LogP contribution in [0.2, 0.25) is 0 Å². The number of allylic oxidation sites excluding steroid dienone is 4. The highest BCUT2D eigenvalue weighted by molar-refractivity contribution is 5.97. The molecule has 2 rings (SSSR count). The van der Waals surface area contributed by atoms with Crippen LogP contribution >= 0.6 is 0 Å². The van der Waals surface area contributed by atoms with Crippen LogP contribution < -0.4 is 5.43 Å². The predicted octanol–water partition coefficient (Wildman–Crippen LogP) is 4.27. The Morgan fingerprint density at radius 1 is 1.35 bits per heavy atom. The van der Waals surface area contributed by atoms with Crippen molar-refractivity contribution >= 4 is 11.6 Å². The summed E-state index contributed by atoms with van der Waals surface area (Å²) in [6.07, 6.45) is 10.9. The molecule has 4 heteroatoms. The molecule has 0 saturated heterocycles. The van der Waals surface area contributed by atoms with Gasteiger partial charge in [-0.05, 0) is 62.3 Å². The van der Waals surface area contributed by atoms with Crippen molar-refractivity contribution in [2.75, 3.05) is 0 Å². The molecular formula is C19H25N3O. The van der Waals surface area contributed by atoms with E-state index in [-0.39, 0.29) is 11.3 Å². The largest absolute Gasteiger partial charge is 0.271 e. The van der Waals surface area contributed by atoms with Gasteiger partial charge in [0.2, 0.25) is 0 Å². The molecule has 1 aromatic heterocycles. The van der Waals surface area contributed by atoms with Crippen LogP contribution in [0.3, 0.4) is 0 Å². The molecule has 1 aliphatic carbocycles. The van der Waals surface area contributed by atoms with Gasteiger partial charge < -0.3 is 0 Å². The highest BCUT2D eigenvalue weighted by Crippen LogP contribution is 2.40. The van der Waals surface area contributed by atoms with Gasteiger partial charge in [0, 0.05) is 18.0 Å². The van der Waals surface area contributed by atoms with Gasteiger partial charge in [-0.2, -0.15) is 5.10 Å². The van der Waals surface area contributed by atoms with Gasteiger partial charge in [0.1, 0.15) is 0 Å². The fourth-order valence-electron chi connectivity index (χ4n) is 2.96. The minimum Gasteiger partial charge on any atom is -0.267 e. The van der Waals surface area contributed by atoms with Crippen LogP contribution in [0.4, 0.5) is 0 Å². The zero-order valence-electron chi connectivity index (χ0n) is 14.4. The van der Waals surface area contributed by atoms with Crippen molar-refractivity contribution in [3.8, 4) is 0 Å². The van der Waals surface area contributed by atoms with E-state index in [1.807, 2.05) is 13.0 Å². The number of carbonyl (C=O) groups is 1. The minimum absolute atomic E-state index is 0.208. The molecule has 1 amide bonds. The third-order valence-corrected chi connectivity index (χ3v) is 4.31. The van der Waals surface area contributed by atoms with E-state index in [1.54, 1.807) is 24.5 Å². The number of carbonyl (C=O) groups excluding carboxylic acids is 1. The van der Waals surface area contributed by atoms with Gasteiger partial charge in [0.25, 0.3) is 5.91 Å². The average molecular weight is 311 g/mol. The van der Waals surface area contributed by atoms with Gasteiger partial charge in [-0.1, -0.05) is 25.5 Å². The summed E-state index contributed by atoms with van der Waals surface area (Å²) >= 11 is 0. The second kappa shape index (κ2) is 7.36. The van der Waals surface area contributed by atoms with E-state index in [2.05, 4.69) is 42.4 Å². The van der Waals surface area contributed by atoms with Gasteiger partial charge in [0.05, 0.1) is 5.71 Å². The van der Waals surface area contributed by atoms with Crippen molar-refractivity contribution in [3.63, 3.8) is 0 Å². The smallest absolute Gasteiger partial charge is 0.267 e. The lowest BCUT2D eigenvalue weighted by molar-refractivity contribution is 0.0954. The Hall–Kier alpha value is -2.23. The van der Waals surface area contributed by atoms with Gasteiger partial charge in [-0.25, -0.2) is 5.43 Å². The molecule has 0 spiro atoms. The number of hydrogen-bond acceptors (Lipinski definition) is 3. The van der Waals surface area contributed by atoms with E-state index in [0.29, 0.717) is 5.56 Å². The molecule has 0 unspecified atom stereocenters.